The van der Waals surface area contributed by atoms with Gasteiger partial charge in [-0.2, -0.15) is 0 Å². The molecule has 0 radical (unpaired) electrons. The van der Waals surface area contributed by atoms with E-state index < -0.39 is 0 Å². The molecule has 108 valence electrons. The van der Waals surface area contributed by atoms with E-state index in [1.165, 1.54) is 33.2 Å². The van der Waals surface area contributed by atoms with E-state index in [0.29, 0.717) is 0 Å². The molecule has 0 aliphatic carbocycles. The summed E-state index contributed by atoms with van der Waals surface area (Å²) >= 11 is 0. The van der Waals surface area contributed by atoms with E-state index in [4.69, 9.17) is 0 Å². The van der Waals surface area contributed by atoms with Crippen LogP contribution in [-0.2, 0) is 13.1 Å². The van der Waals surface area contributed by atoms with Gasteiger partial charge in [-0.1, -0.05) is 36.4 Å². The summed E-state index contributed by atoms with van der Waals surface area (Å²) in [5.74, 6) is 0. The standard InChI is InChI=1S/C19H22N2/c1-14-8-9-16(10-15(14)2)12-21-13-17(11-20-3)18-6-4-5-7-19(18)21/h4-10,13,20H,11-12H2,1-3H3. The Labute approximate surface area is 126 Å². The maximum atomic E-state index is 3.26. The first-order valence-electron chi connectivity index (χ1n) is 7.46. The van der Waals surface area contributed by atoms with E-state index in [1.54, 1.807) is 0 Å². The van der Waals surface area contributed by atoms with Gasteiger partial charge in [-0.05, 0) is 49.2 Å². The summed E-state index contributed by atoms with van der Waals surface area (Å²) < 4.78 is 2.35. The van der Waals surface area contributed by atoms with Crippen molar-refractivity contribution < 1.29 is 0 Å². The molecule has 0 aliphatic rings. The lowest BCUT2D eigenvalue weighted by molar-refractivity contribution is 0.795. The molecule has 0 fully saturated rings. The van der Waals surface area contributed by atoms with Crippen LogP contribution >= 0.6 is 0 Å². The van der Waals surface area contributed by atoms with Gasteiger partial charge in [-0.3, -0.25) is 0 Å². The summed E-state index contributed by atoms with van der Waals surface area (Å²) in [7, 11) is 2.00. The zero-order chi connectivity index (χ0) is 14.8. The molecular weight excluding hydrogens is 256 g/mol. The number of nitrogens with zero attached hydrogens (tertiary/aromatic N) is 1. The average Bonchev–Trinajstić information content (AvgIpc) is 2.82. The highest BCUT2D eigenvalue weighted by atomic mass is 15.0. The number of para-hydroxylation sites is 1. The lowest BCUT2D eigenvalue weighted by Crippen LogP contribution is -2.04. The van der Waals surface area contributed by atoms with Gasteiger partial charge < -0.3 is 9.88 Å². The van der Waals surface area contributed by atoms with E-state index in [1.807, 2.05) is 7.05 Å². The third-order valence-corrected chi connectivity index (χ3v) is 4.16. The van der Waals surface area contributed by atoms with E-state index in [9.17, 15) is 0 Å². The molecule has 1 heterocycles. The molecule has 0 aliphatic heterocycles. The molecule has 3 aromatic rings. The number of fused-ring (bicyclic) bond motifs is 1. The largest absolute Gasteiger partial charge is 0.343 e. The van der Waals surface area contributed by atoms with Crippen molar-refractivity contribution in [2.75, 3.05) is 7.05 Å². The average molecular weight is 278 g/mol. The minimum atomic E-state index is 0.903. The van der Waals surface area contributed by atoms with E-state index in [-0.39, 0.29) is 0 Å². The Morgan fingerprint density at radius 2 is 1.81 bits per heavy atom. The zero-order valence-corrected chi connectivity index (χ0v) is 13.0. The molecule has 1 aromatic heterocycles. The Kier molecular flexibility index (Phi) is 3.80. The molecular formula is C19H22N2. The molecule has 3 rings (SSSR count). The predicted molar refractivity (Wildman–Crippen MR) is 89.7 cm³/mol. The fourth-order valence-corrected chi connectivity index (χ4v) is 2.88. The van der Waals surface area contributed by atoms with Crippen LogP contribution in [0.5, 0.6) is 0 Å². The van der Waals surface area contributed by atoms with Gasteiger partial charge in [0, 0.05) is 30.2 Å². The van der Waals surface area contributed by atoms with Crippen molar-refractivity contribution in [3.05, 3.63) is 70.9 Å². The maximum absolute atomic E-state index is 3.26. The van der Waals surface area contributed by atoms with Gasteiger partial charge in [0.25, 0.3) is 0 Å². The van der Waals surface area contributed by atoms with Crippen molar-refractivity contribution in [2.24, 2.45) is 0 Å². The lowest BCUT2D eigenvalue weighted by atomic mass is 10.1. The number of nitrogens with one attached hydrogen (secondary N) is 1. The Balaban J connectivity index is 2.01. The summed E-state index contributed by atoms with van der Waals surface area (Å²) in [4.78, 5) is 0. The zero-order valence-electron chi connectivity index (χ0n) is 13.0. The van der Waals surface area contributed by atoms with Crippen LogP contribution < -0.4 is 5.32 Å². The molecule has 2 aromatic carbocycles. The molecule has 2 nitrogen and oxygen atoms in total. The van der Waals surface area contributed by atoms with Crippen LogP contribution in [0.15, 0.2) is 48.7 Å². The summed E-state index contributed by atoms with van der Waals surface area (Å²) in [5.41, 5.74) is 6.74. The molecule has 0 spiro atoms. The Morgan fingerprint density at radius 3 is 2.57 bits per heavy atom. The third kappa shape index (κ3) is 2.72. The highest BCUT2D eigenvalue weighted by molar-refractivity contribution is 5.84. The number of hydrogen-bond acceptors (Lipinski definition) is 1. The molecule has 0 bridgehead atoms. The van der Waals surface area contributed by atoms with Gasteiger partial charge in [0.2, 0.25) is 0 Å². The van der Waals surface area contributed by atoms with Crippen molar-refractivity contribution in [3.63, 3.8) is 0 Å². The van der Waals surface area contributed by atoms with Crippen molar-refractivity contribution in [3.8, 4) is 0 Å². The maximum Gasteiger partial charge on any atom is 0.0486 e. The highest BCUT2D eigenvalue weighted by Crippen LogP contribution is 2.22. The summed E-state index contributed by atoms with van der Waals surface area (Å²) in [5, 5.41) is 4.60. The first-order valence-corrected chi connectivity index (χ1v) is 7.46. The molecule has 0 saturated carbocycles. The van der Waals surface area contributed by atoms with Crippen molar-refractivity contribution >= 4 is 10.9 Å². The van der Waals surface area contributed by atoms with Crippen LogP contribution in [0.25, 0.3) is 10.9 Å². The summed E-state index contributed by atoms with van der Waals surface area (Å²) in [6, 6.07) is 15.4. The van der Waals surface area contributed by atoms with Gasteiger partial charge in [0.05, 0.1) is 0 Å². The second-order valence-electron chi connectivity index (χ2n) is 5.75. The summed E-state index contributed by atoms with van der Waals surface area (Å²) in [6.45, 7) is 6.17. The first-order chi connectivity index (χ1) is 10.2. The van der Waals surface area contributed by atoms with Gasteiger partial charge in [0.15, 0.2) is 0 Å². The SMILES string of the molecule is CNCc1cn(Cc2ccc(C)c(C)c2)c2ccccc12. The number of benzene rings is 2. The van der Waals surface area contributed by atoms with Crippen LogP contribution in [-0.4, -0.2) is 11.6 Å². The third-order valence-electron chi connectivity index (χ3n) is 4.16. The second kappa shape index (κ2) is 5.74. The van der Waals surface area contributed by atoms with Crippen LogP contribution in [0.4, 0.5) is 0 Å². The number of aryl methyl sites for hydroxylation is 2. The van der Waals surface area contributed by atoms with Crippen molar-refractivity contribution in [2.45, 2.75) is 26.9 Å². The topological polar surface area (TPSA) is 17.0 Å². The monoisotopic (exact) mass is 278 g/mol. The molecule has 0 unspecified atom stereocenters. The number of hydrogen-bond donors (Lipinski definition) is 1. The summed E-state index contributed by atoms with van der Waals surface area (Å²) in [6.07, 6.45) is 2.27. The van der Waals surface area contributed by atoms with E-state index >= 15 is 0 Å². The molecule has 0 atom stereocenters. The van der Waals surface area contributed by atoms with Crippen molar-refractivity contribution in [1.82, 2.24) is 9.88 Å². The van der Waals surface area contributed by atoms with Gasteiger partial charge in [0.1, 0.15) is 0 Å². The highest BCUT2D eigenvalue weighted by Gasteiger charge is 2.08. The van der Waals surface area contributed by atoms with Gasteiger partial charge in [-0.15, -0.1) is 0 Å². The Bertz CT molecular complexity index is 768. The minimum absolute atomic E-state index is 0.903. The lowest BCUT2D eigenvalue weighted by Gasteiger charge is -2.08. The molecule has 0 saturated heterocycles. The van der Waals surface area contributed by atoms with E-state index in [0.717, 1.165) is 13.1 Å². The van der Waals surface area contributed by atoms with Gasteiger partial charge >= 0.3 is 0 Å². The fourth-order valence-electron chi connectivity index (χ4n) is 2.88. The number of rotatable bonds is 4. The Hall–Kier alpha value is -2.06. The minimum Gasteiger partial charge on any atom is -0.343 e. The fraction of sp³-hybridized carbons (Fsp3) is 0.263. The quantitative estimate of drug-likeness (QED) is 0.762. The van der Waals surface area contributed by atoms with Crippen molar-refractivity contribution in [1.29, 1.82) is 0 Å². The Morgan fingerprint density at radius 1 is 1.00 bits per heavy atom. The molecule has 21 heavy (non-hydrogen) atoms. The predicted octanol–water partition coefficient (Wildman–Crippen LogP) is 4.03. The van der Waals surface area contributed by atoms with E-state index in [2.05, 4.69) is 72.4 Å². The smallest absolute Gasteiger partial charge is 0.0486 e. The van der Waals surface area contributed by atoms with Crippen LogP contribution in [0.2, 0.25) is 0 Å². The molecule has 0 amide bonds. The van der Waals surface area contributed by atoms with Crippen LogP contribution in [0.1, 0.15) is 22.3 Å². The van der Waals surface area contributed by atoms with Gasteiger partial charge in [-0.25, -0.2) is 0 Å². The molecule has 2 heteroatoms. The second-order valence-corrected chi connectivity index (χ2v) is 5.75. The van der Waals surface area contributed by atoms with Crippen LogP contribution in [0.3, 0.4) is 0 Å². The van der Waals surface area contributed by atoms with Crippen LogP contribution in [0, 0.1) is 13.8 Å². The number of aromatic nitrogens is 1. The first kappa shape index (κ1) is 13.9. The molecule has 1 N–H and O–H groups in total. The normalized spacial score (nSPS) is 11.2.